The summed E-state index contributed by atoms with van der Waals surface area (Å²) in [6.45, 7) is 3.82. The summed E-state index contributed by atoms with van der Waals surface area (Å²) in [5.74, 6) is 0.205. The smallest absolute Gasteiger partial charge is 0.272 e. The van der Waals surface area contributed by atoms with E-state index >= 15 is 0 Å². The molecular formula is C15H16N2O3. The van der Waals surface area contributed by atoms with E-state index in [9.17, 15) is 9.59 Å². The molecule has 0 bridgehead atoms. The Morgan fingerprint density at radius 1 is 1.15 bits per heavy atom. The van der Waals surface area contributed by atoms with E-state index in [0.717, 1.165) is 0 Å². The fourth-order valence-corrected chi connectivity index (χ4v) is 1.70. The molecular weight excluding hydrogens is 256 g/mol. The lowest BCUT2D eigenvalue weighted by atomic mass is 10.2. The Balaban J connectivity index is 2.22. The maximum absolute atomic E-state index is 12.1. The van der Waals surface area contributed by atoms with E-state index in [0.29, 0.717) is 11.4 Å². The number of benzene rings is 1. The lowest BCUT2D eigenvalue weighted by molar-refractivity contribution is 0.102. The lowest BCUT2D eigenvalue weighted by Gasteiger charge is -2.14. The van der Waals surface area contributed by atoms with E-state index in [1.807, 2.05) is 19.9 Å². The number of H-pyrrole nitrogens is 1. The van der Waals surface area contributed by atoms with Crippen molar-refractivity contribution in [3.05, 3.63) is 58.5 Å². The van der Waals surface area contributed by atoms with Crippen LogP contribution in [-0.4, -0.2) is 17.0 Å². The number of pyridine rings is 1. The van der Waals surface area contributed by atoms with Crippen LogP contribution in [0, 0.1) is 0 Å². The molecule has 1 aromatic carbocycles. The van der Waals surface area contributed by atoms with E-state index in [2.05, 4.69) is 10.3 Å². The number of para-hydroxylation sites is 2. The number of amides is 1. The lowest BCUT2D eigenvalue weighted by Crippen LogP contribution is -2.18. The molecule has 2 rings (SSSR count). The number of anilines is 1. The summed E-state index contributed by atoms with van der Waals surface area (Å²) in [5, 5.41) is 2.73. The van der Waals surface area contributed by atoms with Crippen molar-refractivity contribution in [2.24, 2.45) is 0 Å². The number of hydrogen-bond donors (Lipinski definition) is 2. The highest BCUT2D eigenvalue weighted by Crippen LogP contribution is 2.25. The SMILES string of the molecule is CC(C)Oc1ccccc1NC(=O)c1cccc(=O)[nH]1. The standard InChI is InChI=1S/C15H16N2O3/c1-10(2)20-13-8-4-3-6-11(13)17-15(19)12-7-5-9-14(18)16-12/h3-10H,1-2H3,(H,16,18)(H,17,19). The van der Waals surface area contributed by atoms with Crippen molar-refractivity contribution in [2.45, 2.75) is 20.0 Å². The molecule has 5 nitrogen and oxygen atoms in total. The fourth-order valence-electron chi connectivity index (χ4n) is 1.70. The summed E-state index contributed by atoms with van der Waals surface area (Å²) in [6, 6.07) is 11.6. The topological polar surface area (TPSA) is 71.2 Å². The van der Waals surface area contributed by atoms with Gasteiger partial charge in [-0.2, -0.15) is 0 Å². The third-order valence-electron chi connectivity index (χ3n) is 2.51. The van der Waals surface area contributed by atoms with E-state index < -0.39 is 0 Å². The van der Waals surface area contributed by atoms with Gasteiger partial charge in [-0.05, 0) is 32.0 Å². The van der Waals surface area contributed by atoms with Gasteiger partial charge in [0.05, 0.1) is 11.8 Å². The molecule has 20 heavy (non-hydrogen) atoms. The zero-order valence-electron chi connectivity index (χ0n) is 11.3. The number of aromatic nitrogens is 1. The monoisotopic (exact) mass is 272 g/mol. The highest BCUT2D eigenvalue weighted by molar-refractivity contribution is 6.03. The normalized spacial score (nSPS) is 10.3. The third-order valence-corrected chi connectivity index (χ3v) is 2.51. The molecule has 0 spiro atoms. The van der Waals surface area contributed by atoms with Crippen molar-refractivity contribution in [1.82, 2.24) is 4.98 Å². The quantitative estimate of drug-likeness (QED) is 0.897. The van der Waals surface area contributed by atoms with Gasteiger partial charge in [-0.3, -0.25) is 9.59 Å². The van der Waals surface area contributed by atoms with Crippen molar-refractivity contribution < 1.29 is 9.53 Å². The average Bonchev–Trinajstić information content (AvgIpc) is 2.40. The summed E-state index contributed by atoms with van der Waals surface area (Å²) in [6.07, 6.45) is 0.00424. The highest BCUT2D eigenvalue weighted by atomic mass is 16.5. The molecule has 0 saturated carbocycles. The zero-order valence-corrected chi connectivity index (χ0v) is 11.3. The van der Waals surface area contributed by atoms with Gasteiger partial charge in [0.15, 0.2) is 0 Å². The predicted octanol–water partition coefficient (Wildman–Crippen LogP) is 2.41. The molecule has 0 atom stereocenters. The van der Waals surface area contributed by atoms with Crippen LogP contribution in [0.3, 0.4) is 0 Å². The second kappa shape index (κ2) is 6.06. The van der Waals surface area contributed by atoms with Gasteiger partial charge in [-0.25, -0.2) is 0 Å². The molecule has 5 heteroatoms. The predicted molar refractivity (Wildman–Crippen MR) is 77.2 cm³/mol. The van der Waals surface area contributed by atoms with Crippen molar-refractivity contribution in [1.29, 1.82) is 0 Å². The molecule has 0 radical (unpaired) electrons. The van der Waals surface area contributed by atoms with Crippen LogP contribution in [0.4, 0.5) is 5.69 Å². The third kappa shape index (κ3) is 3.47. The minimum atomic E-state index is -0.387. The van der Waals surface area contributed by atoms with E-state index in [4.69, 9.17) is 4.74 Å². The van der Waals surface area contributed by atoms with Crippen LogP contribution in [-0.2, 0) is 0 Å². The van der Waals surface area contributed by atoms with Gasteiger partial charge in [0.25, 0.3) is 5.91 Å². The molecule has 104 valence electrons. The molecule has 0 fully saturated rings. The van der Waals surface area contributed by atoms with E-state index in [1.54, 1.807) is 24.3 Å². The van der Waals surface area contributed by atoms with Gasteiger partial charge in [-0.1, -0.05) is 18.2 Å². The number of hydrogen-bond acceptors (Lipinski definition) is 3. The Labute approximate surface area is 116 Å². The maximum Gasteiger partial charge on any atom is 0.272 e. The molecule has 1 aromatic heterocycles. The molecule has 0 aliphatic rings. The molecule has 0 aliphatic carbocycles. The van der Waals surface area contributed by atoms with Crippen molar-refractivity contribution in [3.63, 3.8) is 0 Å². The Kier molecular flexibility index (Phi) is 4.20. The van der Waals surface area contributed by atoms with Crippen LogP contribution in [0.2, 0.25) is 0 Å². The highest BCUT2D eigenvalue weighted by Gasteiger charge is 2.11. The average molecular weight is 272 g/mol. The molecule has 2 N–H and O–H groups in total. The van der Waals surface area contributed by atoms with Crippen LogP contribution >= 0.6 is 0 Å². The maximum atomic E-state index is 12.1. The minimum absolute atomic E-state index is 0.00424. The number of ether oxygens (including phenoxy) is 1. The van der Waals surface area contributed by atoms with Gasteiger partial charge < -0.3 is 15.0 Å². The molecule has 1 heterocycles. The number of nitrogens with one attached hydrogen (secondary N) is 2. The van der Waals surface area contributed by atoms with Gasteiger partial charge in [0.1, 0.15) is 11.4 Å². The number of rotatable bonds is 4. The Morgan fingerprint density at radius 2 is 1.90 bits per heavy atom. The molecule has 0 saturated heterocycles. The summed E-state index contributed by atoms with van der Waals surface area (Å²) in [7, 11) is 0. The van der Waals surface area contributed by atoms with Crippen molar-refractivity contribution in [2.75, 3.05) is 5.32 Å². The number of carbonyl (C=O) groups is 1. The summed E-state index contributed by atoms with van der Waals surface area (Å²) < 4.78 is 5.62. The van der Waals surface area contributed by atoms with E-state index in [-0.39, 0.29) is 23.3 Å². The first kappa shape index (κ1) is 13.9. The first-order valence-corrected chi connectivity index (χ1v) is 6.32. The Morgan fingerprint density at radius 3 is 2.60 bits per heavy atom. The van der Waals surface area contributed by atoms with Crippen LogP contribution in [0.5, 0.6) is 5.75 Å². The van der Waals surface area contributed by atoms with Crippen molar-refractivity contribution >= 4 is 11.6 Å². The fraction of sp³-hybridized carbons (Fsp3) is 0.200. The molecule has 0 unspecified atom stereocenters. The molecule has 0 aliphatic heterocycles. The number of aromatic amines is 1. The molecule has 2 aromatic rings. The van der Waals surface area contributed by atoms with Crippen LogP contribution < -0.4 is 15.6 Å². The minimum Gasteiger partial charge on any atom is -0.489 e. The second-order valence-corrected chi connectivity index (χ2v) is 4.55. The molecule has 1 amide bonds. The summed E-state index contributed by atoms with van der Waals surface area (Å²) in [5.41, 5.74) is 0.456. The van der Waals surface area contributed by atoms with Crippen LogP contribution in [0.1, 0.15) is 24.3 Å². The number of carbonyl (C=O) groups excluding carboxylic acids is 1. The first-order chi connectivity index (χ1) is 9.56. The first-order valence-electron chi connectivity index (χ1n) is 6.32. The van der Waals surface area contributed by atoms with Gasteiger partial charge in [0, 0.05) is 6.07 Å². The summed E-state index contributed by atoms with van der Waals surface area (Å²) in [4.78, 5) is 25.7. The Hall–Kier alpha value is -2.56. The van der Waals surface area contributed by atoms with Gasteiger partial charge >= 0.3 is 0 Å². The van der Waals surface area contributed by atoms with Gasteiger partial charge in [0.2, 0.25) is 5.56 Å². The second-order valence-electron chi connectivity index (χ2n) is 4.55. The zero-order chi connectivity index (χ0) is 14.5. The van der Waals surface area contributed by atoms with E-state index in [1.165, 1.54) is 12.1 Å². The van der Waals surface area contributed by atoms with Crippen molar-refractivity contribution in [3.8, 4) is 5.75 Å². The Bertz CT molecular complexity index is 662. The van der Waals surface area contributed by atoms with Crippen LogP contribution in [0.25, 0.3) is 0 Å². The largest absolute Gasteiger partial charge is 0.489 e. The van der Waals surface area contributed by atoms with Crippen LogP contribution in [0.15, 0.2) is 47.3 Å². The van der Waals surface area contributed by atoms with Gasteiger partial charge in [-0.15, -0.1) is 0 Å². The summed E-state index contributed by atoms with van der Waals surface area (Å²) >= 11 is 0.